The van der Waals surface area contributed by atoms with E-state index in [1.165, 1.54) is 54.8 Å². The summed E-state index contributed by atoms with van der Waals surface area (Å²) in [7, 11) is 0. The van der Waals surface area contributed by atoms with E-state index in [-0.39, 0.29) is 0 Å². The van der Waals surface area contributed by atoms with Crippen LogP contribution >= 0.6 is 0 Å². The minimum Gasteiger partial charge on any atom is -0.355 e. The number of aromatic nitrogens is 1. The predicted octanol–water partition coefficient (Wildman–Crippen LogP) is 7.81. The van der Waals surface area contributed by atoms with E-state index < -0.39 is 0 Å². The molecule has 0 fully saturated rings. The van der Waals surface area contributed by atoms with Crippen molar-refractivity contribution in [1.82, 2.24) is 4.98 Å². The molecule has 0 radical (unpaired) electrons. The molecule has 0 saturated heterocycles. The third kappa shape index (κ3) is 2.71. The van der Waals surface area contributed by atoms with E-state index in [4.69, 9.17) is 0 Å². The lowest BCUT2D eigenvalue weighted by Gasteiger charge is -2.05. The molecule has 6 rings (SSSR count). The first-order valence-electron chi connectivity index (χ1n) is 9.95. The average Bonchev–Trinajstić information content (AvgIpc) is 3.16. The second kappa shape index (κ2) is 6.35. The fraction of sp³-hybridized carbons (Fsp3) is 0. The van der Waals surface area contributed by atoms with Gasteiger partial charge >= 0.3 is 0 Å². The highest BCUT2D eigenvalue weighted by atomic mass is 14.7. The Kier molecular flexibility index (Phi) is 3.54. The fourth-order valence-corrected chi connectivity index (χ4v) is 4.26. The maximum atomic E-state index is 3.56. The summed E-state index contributed by atoms with van der Waals surface area (Å²) in [4.78, 5) is 3.56. The highest BCUT2D eigenvalue weighted by Crippen LogP contribution is 2.33. The van der Waals surface area contributed by atoms with Crippen molar-refractivity contribution in [3.05, 3.63) is 109 Å². The summed E-state index contributed by atoms with van der Waals surface area (Å²) in [5, 5.41) is 5.08. The van der Waals surface area contributed by atoms with Crippen LogP contribution < -0.4 is 0 Å². The molecule has 0 aliphatic rings. The molecule has 29 heavy (non-hydrogen) atoms. The summed E-state index contributed by atoms with van der Waals surface area (Å²) in [5.41, 5.74) is 7.34. The Bertz CT molecular complexity index is 1490. The summed E-state index contributed by atoms with van der Waals surface area (Å²) < 4.78 is 0. The van der Waals surface area contributed by atoms with Gasteiger partial charge in [0.1, 0.15) is 0 Å². The monoisotopic (exact) mass is 369 g/mol. The van der Waals surface area contributed by atoms with Gasteiger partial charge in [-0.1, -0.05) is 78.9 Å². The molecule has 0 unspecified atom stereocenters. The highest BCUT2D eigenvalue weighted by molar-refractivity contribution is 6.09. The van der Waals surface area contributed by atoms with Crippen molar-refractivity contribution in [3.63, 3.8) is 0 Å². The van der Waals surface area contributed by atoms with Crippen LogP contribution in [0.3, 0.4) is 0 Å². The fourth-order valence-electron chi connectivity index (χ4n) is 4.26. The topological polar surface area (TPSA) is 15.8 Å². The van der Waals surface area contributed by atoms with Crippen LogP contribution in [0.4, 0.5) is 0 Å². The molecular weight excluding hydrogens is 350 g/mol. The van der Waals surface area contributed by atoms with E-state index in [1.807, 2.05) is 0 Å². The van der Waals surface area contributed by atoms with E-state index in [1.54, 1.807) is 0 Å². The first-order chi connectivity index (χ1) is 14.3. The number of benzene rings is 5. The van der Waals surface area contributed by atoms with Crippen molar-refractivity contribution in [1.29, 1.82) is 0 Å². The van der Waals surface area contributed by atoms with E-state index in [2.05, 4.69) is 114 Å². The zero-order valence-corrected chi connectivity index (χ0v) is 15.9. The van der Waals surface area contributed by atoms with Gasteiger partial charge < -0.3 is 4.98 Å². The molecule has 5 aromatic carbocycles. The molecule has 0 spiro atoms. The van der Waals surface area contributed by atoms with Crippen LogP contribution in [-0.4, -0.2) is 4.98 Å². The van der Waals surface area contributed by atoms with Gasteiger partial charge in [0.2, 0.25) is 0 Å². The van der Waals surface area contributed by atoms with Crippen molar-refractivity contribution in [2.75, 3.05) is 0 Å². The third-order valence-corrected chi connectivity index (χ3v) is 5.79. The normalized spacial score (nSPS) is 11.4. The maximum absolute atomic E-state index is 3.56. The molecule has 0 amide bonds. The molecule has 0 atom stereocenters. The Morgan fingerprint density at radius 3 is 1.66 bits per heavy atom. The lowest BCUT2D eigenvalue weighted by Crippen LogP contribution is -1.80. The molecule has 136 valence electrons. The van der Waals surface area contributed by atoms with Gasteiger partial charge in [-0.3, -0.25) is 0 Å². The maximum Gasteiger partial charge on any atom is 0.0465 e. The molecule has 0 aliphatic carbocycles. The number of hydrogen-bond acceptors (Lipinski definition) is 0. The van der Waals surface area contributed by atoms with Gasteiger partial charge in [-0.2, -0.15) is 0 Å². The molecule has 1 aromatic heterocycles. The molecular formula is C28H19N. The lowest BCUT2D eigenvalue weighted by atomic mass is 9.98. The quantitative estimate of drug-likeness (QED) is 0.320. The minimum absolute atomic E-state index is 1.18. The second-order valence-electron chi connectivity index (χ2n) is 7.57. The van der Waals surface area contributed by atoms with Gasteiger partial charge in [0.15, 0.2) is 0 Å². The number of nitrogens with one attached hydrogen (secondary N) is 1. The van der Waals surface area contributed by atoms with Gasteiger partial charge in [-0.05, 0) is 63.4 Å². The standard InChI is InChI=1S/C28H19N/c1-2-6-19(7-3-1)23-12-14-27-25(17-23)26-18-24(13-15-28(26)29-27)22-11-10-20-8-4-5-9-21(20)16-22/h1-18,29H. The number of rotatable bonds is 2. The third-order valence-electron chi connectivity index (χ3n) is 5.79. The summed E-state index contributed by atoms with van der Waals surface area (Å²) in [5.74, 6) is 0. The summed E-state index contributed by atoms with van der Waals surface area (Å²) in [6, 6.07) is 39.2. The molecule has 0 saturated carbocycles. The summed E-state index contributed by atoms with van der Waals surface area (Å²) in [6.45, 7) is 0. The van der Waals surface area contributed by atoms with Crippen molar-refractivity contribution in [2.45, 2.75) is 0 Å². The van der Waals surface area contributed by atoms with E-state index >= 15 is 0 Å². The zero-order chi connectivity index (χ0) is 19.2. The Hall–Kier alpha value is -3.84. The van der Waals surface area contributed by atoms with Crippen LogP contribution in [-0.2, 0) is 0 Å². The molecule has 1 nitrogen and oxygen atoms in total. The van der Waals surface area contributed by atoms with Crippen LogP contribution in [0.2, 0.25) is 0 Å². The molecule has 0 aliphatic heterocycles. The Balaban J connectivity index is 1.54. The number of aromatic amines is 1. The Morgan fingerprint density at radius 2 is 0.931 bits per heavy atom. The smallest absolute Gasteiger partial charge is 0.0465 e. The first kappa shape index (κ1) is 16.1. The van der Waals surface area contributed by atoms with Gasteiger partial charge in [0, 0.05) is 21.8 Å². The van der Waals surface area contributed by atoms with Crippen molar-refractivity contribution < 1.29 is 0 Å². The molecule has 6 aromatic rings. The second-order valence-corrected chi connectivity index (χ2v) is 7.57. The van der Waals surface area contributed by atoms with Crippen molar-refractivity contribution in [3.8, 4) is 22.3 Å². The van der Waals surface area contributed by atoms with E-state index in [0.717, 1.165) is 0 Å². The Morgan fingerprint density at radius 1 is 0.379 bits per heavy atom. The predicted molar refractivity (Wildman–Crippen MR) is 124 cm³/mol. The minimum atomic E-state index is 1.18. The number of fused-ring (bicyclic) bond motifs is 4. The van der Waals surface area contributed by atoms with Crippen LogP contribution in [0.15, 0.2) is 109 Å². The number of H-pyrrole nitrogens is 1. The largest absolute Gasteiger partial charge is 0.355 e. The molecule has 1 heteroatoms. The van der Waals surface area contributed by atoms with Gasteiger partial charge in [0.25, 0.3) is 0 Å². The zero-order valence-electron chi connectivity index (χ0n) is 15.9. The van der Waals surface area contributed by atoms with Crippen LogP contribution in [0, 0.1) is 0 Å². The van der Waals surface area contributed by atoms with Crippen LogP contribution in [0.1, 0.15) is 0 Å². The lowest BCUT2D eigenvalue weighted by molar-refractivity contribution is 1.54. The highest BCUT2D eigenvalue weighted by Gasteiger charge is 2.08. The van der Waals surface area contributed by atoms with Gasteiger partial charge in [-0.15, -0.1) is 0 Å². The summed E-state index contributed by atoms with van der Waals surface area (Å²) >= 11 is 0. The van der Waals surface area contributed by atoms with E-state index in [0.29, 0.717) is 0 Å². The van der Waals surface area contributed by atoms with Gasteiger partial charge in [-0.25, -0.2) is 0 Å². The SMILES string of the molecule is c1ccc(-c2ccc3[nH]c4ccc(-c5ccc6ccccc6c5)cc4c3c2)cc1. The average molecular weight is 369 g/mol. The van der Waals surface area contributed by atoms with Crippen molar-refractivity contribution in [2.24, 2.45) is 0 Å². The van der Waals surface area contributed by atoms with Crippen molar-refractivity contribution >= 4 is 32.6 Å². The molecule has 1 N–H and O–H groups in total. The molecule has 1 heterocycles. The van der Waals surface area contributed by atoms with Gasteiger partial charge in [0.05, 0.1) is 0 Å². The molecule has 0 bridgehead atoms. The summed E-state index contributed by atoms with van der Waals surface area (Å²) in [6.07, 6.45) is 0. The number of hydrogen-bond donors (Lipinski definition) is 1. The van der Waals surface area contributed by atoms with Crippen LogP contribution in [0.25, 0.3) is 54.8 Å². The Labute approximate surface area is 169 Å². The first-order valence-corrected chi connectivity index (χ1v) is 9.95. The van der Waals surface area contributed by atoms with Crippen LogP contribution in [0.5, 0.6) is 0 Å². The van der Waals surface area contributed by atoms with E-state index in [9.17, 15) is 0 Å².